The Balaban J connectivity index is 2.23. The highest BCUT2D eigenvalue weighted by atomic mass is 15.2. The largest absolute Gasteiger partial charge is 0.372 e. The van der Waals surface area contributed by atoms with E-state index >= 15 is 0 Å². The number of aryl methyl sites for hydroxylation is 1. The van der Waals surface area contributed by atoms with Crippen LogP contribution in [0, 0.1) is 6.92 Å². The molecule has 12 heavy (non-hydrogen) atoms. The Morgan fingerprint density at radius 1 is 1.25 bits per heavy atom. The quantitative estimate of drug-likeness (QED) is 0.674. The normalized spacial score (nSPS) is 14.9. The maximum absolute atomic E-state index is 3.13. The summed E-state index contributed by atoms with van der Waals surface area (Å²) in [5, 5.41) is 3.13. The molecule has 0 aliphatic carbocycles. The summed E-state index contributed by atoms with van der Waals surface area (Å²) in [6.45, 7) is 2.98. The van der Waals surface area contributed by atoms with Crippen LogP contribution in [0.5, 0.6) is 0 Å². The molecule has 0 saturated carbocycles. The van der Waals surface area contributed by atoms with Crippen molar-refractivity contribution in [2.45, 2.75) is 6.92 Å². The molecule has 1 aromatic rings. The van der Waals surface area contributed by atoms with Crippen LogP contribution in [0.1, 0.15) is 5.56 Å². The topological polar surface area (TPSA) is 15.3 Å². The zero-order chi connectivity index (χ0) is 8.39. The number of hydrogen-bond donors (Lipinski definition) is 1. The lowest BCUT2D eigenvalue weighted by atomic mass is 10.2. The van der Waals surface area contributed by atoms with Gasteiger partial charge in [-0.2, -0.15) is 0 Å². The number of hydrogen-bond acceptors (Lipinski definition) is 2. The lowest BCUT2D eigenvalue weighted by molar-refractivity contribution is 0.900. The monoisotopic (exact) mass is 160 g/mol. The average molecular weight is 160 g/mol. The fraction of sp³-hybridized carbons (Fsp3) is 0.200. The van der Waals surface area contributed by atoms with E-state index in [0.29, 0.717) is 0 Å². The van der Waals surface area contributed by atoms with Gasteiger partial charge in [0.25, 0.3) is 0 Å². The second kappa shape index (κ2) is 2.89. The highest BCUT2D eigenvalue weighted by molar-refractivity contribution is 5.50. The van der Waals surface area contributed by atoms with E-state index in [2.05, 4.69) is 41.4 Å². The number of benzene rings is 1. The summed E-state index contributed by atoms with van der Waals surface area (Å²) in [6.07, 6.45) is 4.00. The Hall–Kier alpha value is -1.44. The van der Waals surface area contributed by atoms with E-state index in [9.17, 15) is 0 Å². The second-order valence-corrected chi connectivity index (χ2v) is 2.98. The SMILES string of the molecule is Cc1ccc(N2C=CNC2)cc1. The van der Waals surface area contributed by atoms with Gasteiger partial charge in [0.1, 0.15) is 0 Å². The van der Waals surface area contributed by atoms with Crippen LogP contribution >= 0.6 is 0 Å². The third-order valence-corrected chi connectivity index (χ3v) is 2.00. The lowest BCUT2D eigenvalue weighted by Crippen LogP contribution is -2.19. The fourth-order valence-corrected chi connectivity index (χ4v) is 1.26. The van der Waals surface area contributed by atoms with Gasteiger partial charge >= 0.3 is 0 Å². The van der Waals surface area contributed by atoms with Crippen molar-refractivity contribution in [2.75, 3.05) is 11.6 Å². The smallest absolute Gasteiger partial charge is 0.0916 e. The highest BCUT2D eigenvalue weighted by Gasteiger charge is 2.04. The first-order chi connectivity index (χ1) is 5.86. The molecule has 1 aliphatic heterocycles. The summed E-state index contributed by atoms with van der Waals surface area (Å²) >= 11 is 0. The zero-order valence-corrected chi connectivity index (χ0v) is 7.12. The maximum atomic E-state index is 3.13. The van der Waals surface area contributed by atoms with Gasteiger partial charge < -0.3 is 10.2 Å². The molecule has 0 saturated heterocycles. The van der Waals surface area contributed by atoms with Crippen molar-refractivity contribution < 1.29 is 0 Å². The van der Waals surface area contributed by atoms with Crippen LogP contribution in [0.25, 0.3) is 0 Å². The molecule has 1 aliphatic rings. The van der Waals surface area contributed by atoms with Gasteiger partial charge in [-0.1, -0.05) is 17.7 Å². The number of anilines is 1. The van der Waals surface area contributed by atoms with Crippen molar-refractivity contribution in [3.05, 3.63) is 42.2 Å². The van der Waals surface area contributed by atoms with Crippen LogP contribution in [0.3, 0.4) is 0 Å². The molecular weight excluding hydrogens is 148 g/mol. The van der Waals surface area contributed by atoms with Gasteiger partial charge in [0, 0.05) is 18.1 Å². The Bertz CT molecular complexity index is 287. The molecule has 2 heteroatoms. The summed E-state index contributed by atoms with van der Waals surface area (Å²) in [7, 11) is 0. The number of nitrogens with zero attached hydrogens (tertiary/aromatic N) is 1. The second-order valence-electron chi connectivity index (χ2n) is 2.98. The fourth-order valence-electron chi connectivity index (χ4n) is 1.26. The highest BCUT2D eigenvalue weighted by Crippen LogP contribution is 2.15. The van der Waals surface area contributed by atoms with E-state index in [4.69, 9.17) is 0 Å². The van der Waals surface area contributed by atoms with Gasteiger partial charge in [-0.15, -0.1) is 0 Å². The van der Waals surface area contributed by atoms with Crippen molar-refractivity contribution in [2.24, 2.45) is 0 Å². The van der Waals surface area contributed by atoms with E-state index < -0.39 is 0 Å². The van der Waals surface area contributed by atoms with Gasteiger partial charge in [0.15, 0.2) is 0 Å². The van der Waals surface area contributed by atoms with E-state index in [1.54, 1.807) is 0 Å². The molecule has 0 aromatic heterocycles. The summed E-state index contributed by atoms with van der Waals surface area (Å²) < 4.78 is 0. The van der Waals surface area contributed by atoms with Crippen molar-refractivity contribution in [1.82, 2.24) is 5.32 Å². The molecule has 0 spiro atoms. The van der Waals surface area contributed by atoms with E-state index in [0.717, 1.165) is 6.67 Å². The molecule has 0 radical (unpaired) electrons. The standard InChI is InChI=1S/C10H12N2/c1-9-2-4-10(5-3-9)12-7-6-11-8-12/h2-7,11H,8H2,1H3. The van der Waals surface area contributed by atoms with E-state index in [-0.39, 0.29) is 0 Å². The van der Waals surface area contributed by atoms with Gasteiger partial charge in [-0.05, 0) is 19.1 Å². The summed E-state index contributed by atoms with van der Waals surface area (Å²) in [6, 6.07) is 8.52. The van der Waals surface area contributed by atoms with Gasteiger partial charge in [-0.3, -0.25) is 0 Å². The predicted molar refractivity (Wildman–Crippen MR) is 50.8 cm³/mol. The Labute approximate surface area is 72.5 Å². The molecule has 2 nitrogen and oxygen atoms in total. The van der Waals surface area contributed by atoms with Gasteiger partial charge in [-0.25, -0.2) is 0 Å². The van der Waals surface area contributed by atoms with Crippen molar-refractivity contribution in [3.63, 3.8) is 0 Å². The first kappa shape index (κ1) is 7.22. The minimum atomic E-state index is 0.878. The average Bonchev–Trinajstić information content (AvgIpc) is 2.58. The van der Waals surface area contributed by atoms with Crippen LogP contribution in [0.15, 0.2) is 36.7 Å². The van der Waals surface area contributed by atoms with E-state index in [1.807, 2.05) is 12.4 Å². The third kappa shape index (κ3) is 1.28. The lowest BCUT2D eigenvalue weighted by Gasteiger charge is -2.14. The molecule has 2 rings (SSSR count). The first-order valence-corrected chi connectivity index (χ1v) is 4.09. The Morgan fingerprint density at radius 3 is 2.58 bits per heavy atom. The van der Waals surface area contributed by atoms with Crippen LogP contribution in [0.4, 0.5) is 5.69 Å². The zero-order valence-electron chi connectivity index (χ0n) is 7.12. The Morgan fingerprint density at radius 2 is 2.00 bits per heavy atom. The van der Waals surface area contributed by atoms with E-state index in [1.165, 1.54) is 11.3 Å². The molecule has 1 N–H and O–H groups in total. The van der Waals surface area contributed by atoms with Crippen LogP contribution in [0.2, 0.25) is 0 Å². The number of rotatable bonds is 1. The summed E-state index contributed by atoms with van der Waals surface area (Å²) in [4.78, 5) is 2.17. The molecule has 0 fully saturated rings. The third-order valence-electron chi connectivity index (χ3n) is 2.00. The summed E-state index contributed by atoms with van der Waals surface area (Å²) in [5.41, 5.74) is 2.54. The Kier molecular flexibility index (Phi) is 1.74. The minimum Gasteiger partial charge on any atom is -0.372 e. The molecule has 1 aromatic carbocycles. The number of nitrogens with one attached hydrogen (secondary N) is 1. The molecule has 0 bridgehead atoms. The predicted octanol–water partition coefficient (Wildman–Crippen LogP) is 1.83. The molecule has 62 valence electrons. The molecule has 0 atom stereocenters. The first-order valence-electron chi connectivity index (χ1n) is 4.09. The van der Waals surface area contributed by atoms with Crippen LogP contribution < -0.4 is 10.2 Å². The van der Waals surface area contributed by atoms with Gasteiger partial charge in [0.05, 0.1) is 6.67 Å². The van der Waals surface area contributed by atoms with Crippen LogP contribution in [-0.2, 0) is 0 Å². The molecular formula is C10H12N2. The molecule has 1 heterocycles. The molecule has 0 amide bonds. The van der Waals surface area contributed by atoms with Crippen molar-refractivity contribution >= 4 is 5.69 Å². The minimum absolute atomic E-state index is 0.878. The summed E-state index contributed by atoms with van der Waals surface area (Å²) in [5.74, 6) is 0. The van der Waals surface area contributed by atoms with Gasteiger partial charge in [0.2, 0.25) is 0 Å². The van der Waals surface area contributed by atoms with Crippen LogP contribution in [-0.4, -0.2) is 6.67 Å². The van der Waals surface area contributed by atoms with Crippen molar-refractivity contribution in [3.8, 4) is 0 Å². The maximum Gasteiger partial charge on any atom is 0.0916 e. The molecule has 0 unspecified atom stereocenters. The van der Waals surface area contributed by atoms with Crippen molar-refractivity contribution in [1.29, 1.82) is 0 Å².